The van der Waals surface area contributed by atoms with Crippen LogP contribution in [0.1, 0.15) is 5.69 Å². The summed E-state index contributed by atoms with van der Waals surface area (Å²) in [5, 5.41) is 19.1. The first kappa shape index (κ1) is 15.6. The van der Waals surface area contributed by atoms with Crippen molar-refractivity contribution in [1.82, 2.24) is 20.0 Å². The molecule has 3 aromatic rings. The first-order valence-electron chi connectivity index (χ1n) is 6.72. The molecule has 1 N–H and O–H groups in total. The summed E-state index contributed by atoms with van der Waals surface area (Å²) in [6.45, 7) is 0. The van der Waals surface area contributed by atoms with Crippen LogP contribution < -0.4 is 4.74 Å². The molecule has 0 unspecified atom stereocenters. The van der Waals surface area contributed by atoms with Gasteiger partial charge in [-0.25, -0.2) is 0 Å². The van der Waals surface area contributed by atoms with Crippen LogP contribution in [0, 0.1) is 11.3 Å². The molecule has 0 aliphatic carbocycles. The topological polar surface area (TPSA) is 79.5 Å². The van der Waals surface area contributed by atoms with Gasteiger partial charge in [-0.15, -0.1) is 18.3 Å². The van der Waals surface area contributed by atoms with Crippen molar-refractivity contribution in [3.8, 4) is 34.5 Å². The molecule has 6 nitrogen and oxygen atoms in total. The summed E-state index contributed by atoms with van der Waals surface area (Å²) >= 11 is 0. The molecule has 1 aromatic carbocycles. The van der Waals surface area contributed by atoms with E-state index in [0.29, 0.717) is 22.6 Å². The molecular formula is C15H10F3N5O. The van der Waals surface area contributed by atoms with Gasteiger partial charge in [-0.3, -0.25) is 0 Å². The maximum atomic E-state index is 12.4. The van der Waals surface area contributed by atoms with E-state index in [1.165, 1.54) is 18.2 Å². The van der Waals surface area contributed by atoms with E-state index in [4.69, 9.17) is 5.26 Å². The highest BCUT2D eigenvalue weighted by Crippen LogP contribution is 2.31. The average molecular weight is 333 g/mol. The van der Waals surface area contributed by atoms with Crippen LogP contribution in [0.4, 0.5) is 13.2 Å². The predicted octanol–water partition coefficient (Wildman–Crippen LogP) is 3.25. The molecular weight excluding hydrogens is 323 g/mol. The molecule has 2 aromatic heterocycles. The van der Waals surface area contributed by atoms with Gasteiger partial charge < -0.3 is 9.30 Å². The van der Waals surface area contributed by atoms with Crippen LogP contribution >= 0.6 is 0 Å². The maximum Gasteiger partial charge on any atom is 0.573 e. The smallest absolute Gasteiger partial charge is 0.406 e. The minimum absolute atomic E-state index is 0.136. The lowest BCUT2D eigenvalue weighted by Crippen LogP contribution is -2.17. The number of ether oxygens (including phenoxy) is 1. The molecule has 0 saturated carbocycles. The molecule has 122 valence electrons. The number of benzene rings is 1. The van der Waals surface area contributed by atoms with Gasteiger partial charge in [0, 0.05) is 18.3 Å². The number of aromatic nitrogens is 4. The van der Waals surface area contributed by atoms with Gasteiger partial charge in [0.2, 0.25) is 0 Å². The summed E-state index contributed by atoms with van der Waals surface area (Å²) in [4.78, 5) is 0. The first-order valence-corrected chi connectivity index (χ1v) is 6.72. The van der Waals surface area contributed by atoms with Crippen LogP contribution in [-0.4, -0.2) is 26.3 Å². The normalized spacial score (nSPS) is 11.3. The van der Waals surface area contributed by atoms with Crippen molar-refractivity contribution in [2.45, 2.75) is 6.36 Å². The fourth-order valence-corrected chi connectivity index (χ4v) is 2.38. The van der Waals surface area contributed by atoms with E-state index < -0.39 is 6.36 Å². The van der Waals surface area contributed by atoms with Crippen LogP contribution in [0.5, 0.6) is 5.75 Å². The summed E-state index contributed by atoms with van der Waals surface area (Å²) in [5.41, 5.74) is 2.29. The number of halogens is 3. The van der Waals surface area contributed by atoms with E-state index in [-0.39, 0.29) is 11.4 Å². The van der Waals surface area contributed by atoms with Gasteiger partial charge in [0.25, 0.3) is 0 Å². The number of hydrogen-bond donors (Lipinski definition) is 1. The number of nitrogens with one attached hydrogen (secondary N) is 1. The zero-order chi connectivity index (χ0) is 17.3. The van der Waals surface area contributed by atoms with Crippen molar-refractivity contribution >= 4 is 0 Å². The molecule has 3 rings (SSSR count). The Morgan fingerprint density at radius 3 is 2.62 bits per heavy atom. The molecule has 2 heterocycles. The Hall–Kier alpha value is -3.28. The Bertz CT molecular complexity index is 920. The molecule has 0 amide bonds. The lowest BCUT2D eigenvalue weighted by atomic mass is 10.1. The molecule has 0 aliphatic rings. The monoisotopic (exact) mass is 333 g/mol. The molecule has 0 radical (unpaired) electrons. The molecule has 0 bridgehead atoms. The lowest BCUT2D eigenvalue weighted by molar-refractivity contribution is -0.274. The van der Waals surface area contributed by atoms with Crippen molar-refractivity contribution < 1.29 is 17.9 Å². The Morgan fingerprint density at radius 1 is 1.17 bits per heavy atom. The van der Waals surface area contributed by atoms with Crippen LogP contribution in [0.15, 0.2) is 36.4 Å². The Balaban J connectivity index is 2.00. The molecule has 0 spiro atoms. The number of nitrogens with zero attached hydrogens (tertiary/aromatic N) is 4. The SMILES string of the molecule is Cn1c(-c2cccc(OC(F)(F)F)c2)ccc1-c1n[nH]nc1C#N. The van der Waals surface area contributed by atoms with Gasteiger partial charge >= 0.3 is 6.36 Å². The second-order valence-electron chi connectivity index (χ2n) is 4.87. The standard InChI is InChI=1S/C15H10F3N5O/c1-23-12(5-6-13(23)14-11(8-19)20-22-21-14)9-3-2-4-10(7-9)24-15(16,17)18/h2-7H,1H3,(H,20,21,22). The van der Waals surface area contributed by atoms with Gasteiger partial charge in [0.15, 0.2) is 5.69 Å². The summed E-state index contributed by atoms with van der Waals surface area (Å²) in [6.07, 6.45) is -4.75. The Labute approximate surface area is 134 Å². The van der Waals surface area contributed by atoms with Crippen molar-refractivity contribution in [3.63, 3.8) is 0 Å². The highest BCUT2D eigenvalue weighted by atomic mass is 19.4. The summed E-state index contributed by atoms with van der Waals surface area (Å²) in [7, 11) is 1.72. The number of nitriles is 1. The third-order valence-electron chi connectivity index (χ3n) is 3.38. The van der Waals surface area contributed by atoms with Gasteiger partial charge in [0.1, 0.15) is 17.5 Å². The quantitative estimate of drug-likeness (QED) is 0.798. The van der Waals surface area contributed by atoms with Crippen LogP contribution in [-0.2, 0) is 7.05 Å². The van der Waals surface area contributed by atoms with Crippen molar-refractivity contribution in [2.24, 2.45) is 7.05 Å². The average Bonchev–Trinajstić information content (AvgIpc) is 3.11. The largest absolute Gasteiger partial charge is 0.573 e. The van der Waals surface area contributed by atoms with E-state index in [1.807, 2.05) is 6.07 Å². The van der Waals surface area contributed by atoms with Crippen LogP contribution in [0.25, 0.3) is 22.6 Å². The Kier molecular flexibility index (Phi) is 3.73. The first-order chi connectivity index (χ1) is 11.4. The minimum atomic E-state index is -4.75. The lowest BCUT2D eigenvalue weighted by Gasteiger charge is -2.11. The second kappa shape index (κ2) is 5.73. The number of alkyl halides is 3. The van der Waals surface area contributed by atoms with Gasteiger partial charge in [-0.05, 0) is 24.3 Å². The van der Waals surface area contributed by atoms with Gasteiger partial charge in [-0.1, -0.05) is 12.1 Å². The highest BCUT2D eigenvalue weighted by Gasteiger charge is 2.31. The number of hydrogen-bond acceptors (Lipinski definition) is 4. The molecule has 24 heavy (non-hydrogen) atoms. The fourth-order valence-electron chi connectivity index (χ4n) is 2.38. The molecule has 0 saturated heterocycles. The van der Waals surface area contributed by atoms with Crippen molar-refractivity contribution in [3.05, 3.63) is 42.1 Å². The molecule has 9 heteroatoms. The minimum Gasteiger partial charge on any atom is -0.406 e. The van der Waals surface area contributed by atoms with E-state index >= 15 is 0 Å². The summed E-state index contributed by atoms with van der Waals surface area (Å²) in [6, 6.07) is 11.0. The van der Waals surface area contributed by atoms with E-state index in [9.17, 15) is 13.2 Å². The molecule has 0 aliphatic heterocycles. The molecule has 0 fully saturated rings. The van der Waals surface area contributed by atoms with E-state index in [2.05, 4.69) is 20.1 Å². The third-order valence-corrected chi connectivity index (χ3v) is 3.38. The number of rotatable bonds is 3. The van der Waals surface area contributed by atoms with E-state index in [0.717, 1.165) is 0 Å². The maximum absolute atomic E-state index is 12.4. The second-order valence-corrected chi connectivity index (χ2v) is 4.87. The zero-order valence-electron chi connectivity index (χ0n) is 12.3. The number of H-pyrrole nitrogens is 1. The van der Waals surface area contributed by atoms with Crippen molar-refractivity contribution in [2.75, 3.05) is 0 Å². The highest BCUT2D eigenvalue weighted by molar-refractivity contribution is 5.70. The fraction of sp³-hybridized carbons (Fsp3) is 0.133. The third kappa shape index (κ3) is 2.94. The molecule has 0 atom stereocenters. The van der Waals surface area contributed by atoms with Crippen LogP contribution in [0.2, 0.25) is 0 Å². The summed E-state index contributed by atoms with van der Waals surface area (Å²) < 4.78 is 42.7. The Morgan fingerprint density at radius 2 is 1.92 bits per heavy atom. The van der Waals surface area contributed by atoms with Gasteiger partial charge in [-0.2, -0.15) is 15.6 Å². The van der Waals surface area contributed by atoms with Gasteiger partial charge in [0.05, 0.1) is 5.69 Å². The number of aromatic amines is 1. The summed E-state index contributed by atoms with van der Waals surface area (Å²) in [5.74, 6) is -0.304. The zero-order valence-corrected chi connectivity index (χ0v) is 12.3. The van der Waals surface area contributed by atoms with Crippen molar-refractivity contribution in [1.29, 1.82) is 5.26 Å². The predicted molar refractivity (Wildman–Crippen MR) is 77.6 cm³/mol. The van der Waals surface area contributed by atoms with E-state index in [1.54, 1.807) is 29.8 Å². The van der Waals surface area contributed by atoms with Crippen LogP contribution in [0.3, 0.4) is 0 Å².